The summed E-state index contributed by atoms with van der Waals surface area (Å²) in [5.74, 6) is 0.925. The second kappa shape index (κ2) is 5.32. The maximum absolute atomic E-state index is 5.15. The summed E-state index contributed by atoms with van der Waals surface area (Å²) in [6.07, 6.45) is 1.26. The van der Waals surface area contributed by atoms with E-state index in [4.69, 9.17) is 4.74 Å². The summed E-state index contributed by atoms with van der Waals surface area (Å²) in [6.45, 7) is 3.28. The van der Waals surface area contributed by atoms with Crippen molar-refractivity contribution in [3.8, 4) is 5.75 Å². The normalized spacial score (nSPS) is 20.3. The Kier molecular flexibility index (Phi) is 3.80. The number of nitrogens with one attached hydrogen (secondary N) is 1. The van der Waals surface area contributed by atoms with Gasteiger partial charge in [0, 0.05) is 19.1 Å². The second-order valence-corrected chi connectivity index (χ2v) is 4.41. The van der Waals surface area contributed by atoms with Crippen LogP contribution in [0.3, 0.4) is 0 Å². The van der Waals surface area contributed by atoms with Gasteiger partial charge in [-0.05, 0) is 37.7 Å². The fourth-order valence-electron chi connectivity index (χ4n) is 2.16. The molecule has 1 unspecified atom stereocenters. The van der Waals surface area contributed by atoms with Crippen LogP contribution in [0, 0.1) is 0 Å². The van der Waals surface area contributed by atoms with E-state index in [0.717, 1.165) is 25.4 Å². The second-order valence-electron chi connectivity index (χ2n) is 4.41. The Bertz CT molecular complexity index is 317. The predicted molar refractivity (Wildman–Crippen MR) is 65.7 cm³/mol. The highest BCUT2D eigenvalue weighted by atomic mass is 16.5. The zero-order valence-electron chi connectivity index (χ0n) is 10.1. The molecule has 0 aliphatic carbocycles. The van der Waals surface area contributed by atoms with Gasteiger partial charge in [-0.2, -0.15) is 0 Å². The molecule has 0 saturated carbocycles. The summed E-state index contributed by atoms with van der Waals surface area (Å²) in [5.41, 5.74) is 1.34. The van der Waals surface area contributed by atoms with E-state index in [-0.39, 0.29) is 0 Å². The first kappa shape index (κ1) is 11.4. The Morgan fingerprint density at radius 1 is 1.38 bits per heavy atom. The minimum atomic E-state index is 0.683. The first-order chi connectivity index (χ1) is 7.79. The van der Waals surface area contributed by atoms with Gasteiger partial charge in [0.2, 0.25) is 0 Å². The molecule has 16 heavy (non-hydrogen) atoms. The minimum absolute atomic E-state index is 0.683. The maximum Gasteiger partial charge on any atom is 0.118 e. The summed E-state index contributed by atoms with van der Waals surface area (Å²) in [4.78, 5) is 2.42. The summed E-state index contributed by atoms with van der Waals surface area (Å²) >= 11 is 0. The van der Waals surface area contributed by atoms with Gasteiger partial charge in [0.05, 0.1) is 7.11 Å². The van der Waals surface area contributed by atoms with Crippen LogP contribution in [-0.4, -0.2) is 38.2 Å². The molecule has 1 fully saturated rings. The number of nitrogens with zero attached hydrogens (tertiary/aromatic N) is 1. The molecular weight excluding hydrogens is 200 g/mol. The van der Waals surface area contributed by atoms with Gasteiger partial charge in [0.25, 0.3) is 0 Å². The van der Waals surface area contributed by atoms with E-state index in [1.54, 1.807) is 7.11 Å². The lowest BCUT2D eigenvalue weighted by Gasteiger charge is -2.23. The standard InChI is InChI=1S/C13H20N2O/c1-15(12-7-8-14-9-12)10-11-3-5-13(16-2)6-4-11/h3-6,12,14H,7-10H2,1-2H3. The van der Waals surface area contributed by atoms with E-state index in [1.165, 1.54) is 12.0 Å². The molecule has 0 amide bonds. The largest absolute Gasteiger partial charge is 0.497 e. The number of hydrogen-bond acceptors (Lipinski definition) is 3. The van der Waals surface area contributed by atoms with E-state index in [0.29, 0.717) is 6.04 Å². The van der Waals surface area contributed by atoms with E-state index in [9.17, 15) is 0 Å². The Labute approximate surface area is 97.4 Å². The molecule has 1 heterocycles. The molecule has 1 N–H and O–H groups in total. The van der Waals surface area contributed by atoms with Gasteiger partial charge in [0.1, 0.15) is 5.75 Å². The van der Waals surface area contributed by atoms with E-state index in [1.807, 2.05) is 12.1 Å². The van der Waals surface area contributed by atoms with Crippen molar-refractivity contribution in [3.63, 3.8) is 0 Å². The molecular formula is C13H20N2O. The zero-order valence-corrected chi connectivity index (χ0v) is 10.1. The van der Waals surface area contributed by atoms with Crippen molar-refractivity contribution in [2.75, 3.05) is 27.2 Å². The van der Waals surface area contributed by atoms with Crippen LogP contribution in [0.15, 0.2) is 24.3 Å². The lowest BCUT2D eigenvalue weighted by molar-refractivity contribution is 0.249. The molecule has 1 saturated heterocycles. The monoisotopic (exact) mass is 220 g/mol. The molecule has 2 rings (SSSR count). The lowest BCUT2D eigenvalue weighted by Crippen LogP contribution is -2.32. The van der Waals surface area contributed by atoms with Crippen molar-refractivity contribution in [2.45, 2.75) is 19.0 Å². The third-order valence-corrected chi connectivity index (χ3v) is 3.25. The predicted octanol–water partition coefficient (Wildman–Crippen LogP) is 1.49. The van der Waals surface area contributed by atoms with Gasteiger partial charge < -0.3 is 10.1 Å². The number of benzene rings is 1. The highest BCUT2D eigenvalue weighted by Gasteiger charge is 2.18. The molecule has 1 aliphatic rings. The van der Waals surface area contributed by atoms with Crippen LogP contribution in [0.4, 0.5) is 0 Å². The van der Waals surface area contributed by atoms with Gasteiger partial charge >= 0.3 is 0 Å². The highest BCUT2D eigenvalue weighted by molar-refractivity contribution is 5.27. The third kappa shape index (κ3) is 2.74. The fraction of sp³-hybridized carbons (Fsp3) is 0.538. The van der Waals surface area contributed by atoms with Crippen LogP contribution >= 0.6 is 0 Å². The maximum atomic E-state index is 5.15. The minimum Gasteiger partial charge on any atom is -0.497 e. The van der Waals surface area contributed by atoms with Crippen molar-refractivity contribution in [3.05, 3.63) is 29.8 Å². The molecule has 0 aromatic heterocycles. The molecule has 0 spiro atoms. The average Bonchev–Trinajstić information content (AvgIpc) is 2.83. The van der Waals surface area contributed by atoms with Crippen LogP contribution in [0.5, 0.6) is 5.75 Å². The topological polar surface area (TPSA) is 24.5 Å². The third-order valence-electron chi connectivity index (χ3n) is 3.25. The summed E-state index contributed by atoms with van der Waals surface area (Å²) in [5, 5.41) is 3.40. The Morgan fingerprint density at radius 2 is 2.12 bits per heavy atom. The number of hydrogen-bond donors (Lipinski definition) is 1. The molecule has 3 nitrogen and oxygen atoms in total. The first-order valence-electron chi connectivity index (χ1n) is 5.83. The average molecular weight is 220 g/mol. The molecule has 3 heteroatoms. The van der Waals surface area contributed by atoms with Gasteiger partial charge in [-0.25, -0.2) is 0 Å². The van der Waals surface area contributed by atoms with E-state index >= 15 is 0 Å². The van der Waals surface area contributed by atoms with Crippen molar-refractivity contribution in [1.82, 2.24) is 10.2 Å². The molecule has 1 aromatic carbocycles. The smallest absolute Gasteiger partial charge is 0.118 e. The van der Waals surface area contributed by atoms with Gasteiger partial charge in [-0.1, -0.05) is 12.1 Å². The van der Waals surface area contributed by atoms with Crippen molar-refractivity contribution in [2.24, 2.45) is 0 Å². The number of ether oxygens (including phenoxy) is 1. The van der Waals surface area contributed by atoms with Gasteiger partial charge in [-0.3, -0.25) is 4.90 Å². The number of likely N-dealkylation sites (N-methyl/N-ethyl adjacent to an activating group) is 1. The van der Waals surface area contributed by atoms with E-state index < -0.39 is 0 Å². The summed E-state index contributed by atoms with van der Waals surface area (Å²) < 4.78 is 5.15. The summed E-state index contributed by atoms with van der Waals surface area (Å²) in [6, 6.07) is 9.00. The zero-order chi connectivity index (χ0) is 11.4. The van der Waals surface area contributed by atoms with Crippen molar-refractivity contribution < 1.29 is 4.74 Å². The van der Waals surface area contributed by atoms with Gasteiger partial charge in [-0.15, -0.1) is 0 Å². The Balaban J connectivity index is 1.92. The first-order valence-corrected chi connectivity index (χ1v) is 5.83. The molecule has 1 aliphatic heterocycles. The van der Waals surface area contributed by atoms with Crippen LogP contribution in [-0.2, 0) is 6.54 Å². The molecule has 1 aromatic rings. The quantitative estimate of drug-likeness (QED) is 0.832. The number of rotatable bonds is 4. The highest BCUT2D eigenvalue weighted by Crippen LogP contribution is 2.15. The summed E-state index contributed by atoms with van der Waals surface area (Å²) in [7, 11) is 3.90. The van der Waals surface area contributed by atoms with E-state index in [2.05, 4.69) is 29.4 Å². The number of methoxy groups -OCH3 is 1. The molecule has 0 bridgehead atoms. The van der Waals surface area contributed by atoms with Gasteiger partial charge in [0.15, 0.2) is 0 Å². The fourth-order valence-corrected chi connectivity index (χ4v) is 2.16. The Hall–Kier alpha value is -1.06. The lowest BCUT2D eigenvalue weighted by atomic mass is 10.1. The molecule has 88 valence electrons. The van der Waals surface area contributed by atoms with Crippen molar-refractivity contribution in [1.29, 1.82) is 0 Å². The van der Waals surface area contributed by atoms with Crippen LogP contribution in [0.2, 0.25) is 0 Å². The molecule has 0 radical (unpaired) electrons. The van der Waals surface area contributed by atoms with Crippen molar-refractivity contribution >= 4 is 0 Å². The molecule has 1 atom stereocenters. The van der Waals surface area contributed by atoms with Crippen LogP contribution in [0.25, 0.3) is 0 Å². The SMILES string of the molecule is COc1ccc(CN(C)C2CCNC2)cc1. The van der Waals surface area contributed by atoms with Crippen LogP contribution < -0.4 is 10.1 Å². The Morgan fingerprint density at radius 3 is 2.69 bits per heavy atom. The van der Waals surface area contributed by atoms with Crippen LogP contribution in [0.1, 0.15) is 12.0 Å².